The lowest BCUT2D eigenvalue weighted by Gasteiger charge is -2.15. The Bertz CT molecular complexity index is 365. The fraction of sp³-hybridized carbons (Fsp3) is 0.333. The van der Waals surface area contributed by atoms with E-state index in [0.717, 1.165) is 5.56 Å². The van der Waals surface area contributed by atoms with Crippen LogP contribution in [0.5, 0.6) is 0 Å². The third-order valence-electron chi connectivity index (χ3n) is 2.24. The number of carbonyl (C=O) groups is 1. The average molecular weight is 237 g/mol. The molecule has 1 aromatic rings. The Kier molecular flexibility index (Phi) is 4.92. The highest BCUT2D eigenvalue weighted by molar-refractivity contribution is 7.80. The summed E-state index contributed by atoms with van der Waals surface area (Å²) in [6.07, 6.45) is 1.10. The van der Waals surface area contributed by atoms with E-state index in [0.29, 0.717) is 17.8 Å². The molecule has 0 aromatic heterocycles. The van der Waals surface area contributed by atoms with Crippen molar-refractivity contribution in [3.63, 3.8) is 0 Å². The first-order valence-electron chi connectivity index (χ1n) is 5.19. The number of thiocarbonyl (C=S) groups is 1. The molecule has 0 saturated carbocycles. The fourth-order valence-corrected chi connectivity index (χ4v) is 1.49. The molecule has 0 spiro atoms. The Morgan fingerprint density at radius 1 is 1.44 bits per heavy atom. The number of rotatable bonds is 5. The maximum atomic E-state index is 11.0. The van der Waals surface area contributed by atoms with E-state index in [1.807, 2.05) is 37.3 Å². The van der Waals surface area contributed by atoms with Crippen LogP contribution in [0.1, 0.15) is 18.9 Å². The number of carboxylic acids is 1. The van der Waals surface area contributed by atoms with Crippen LogP contribution in [0.15, 0.2) is 30.3 Å². The van der Waals surface area contributed by atoms with Gasteiger partial charge in [-0.05, 0) is 12.0 Å². The van der Waals surface area contributed by atoms with Crippen molar-refractivity contribution in [2.24, 2.45) is 0 Å². The molecule has 0 heterocycles. The molecule has 0 aliphatic carbocycles. The molecule has 0 unspecified atom stereocenters. The summed E-state index contributed by atoms with van der Waals surface area (Å²) in [5.74, 6) is -0.875. The lowest BCUT2D eigenvalue weighted by molar-refractivity contribution is -0.139. The molecule has 0 radical (unpaired) electrons. The molecular formula is C12H15NO2S. The third-order valence-corrected chi connectivity index (χ3v) is 2.64. The molecule has 4 heteroatoms. The third kappa shape index (κ3) is 3.98. The number of hydrogen-bond acceptors (Lipinski definition) is 2. The zero-order valence-corrected chi connectivity index (χ0v) is 9.96. The quantitative estimate of drug-likeness (QED) is 0.769. The van der Waals surface area contributed by atoms with Gasteiger partial charge in [0.05, 0.1) is 4.99 Å². The summed E-state index contributed by atoms with van der Waals surface area (Å²) in [4.78, 5) is 11.6. The summed E-state index contributed by atoms with van der Waals surface area (Å²) in [7, 11) is 0. The molecule has 2 N–H and O–H groups in total. The minimum atomic E-state index is -0.875. The van der Waals surface area contributed by atoms with Gasteiger partial charge >= 0.3 is 5.97 Å². The highest BCUT2D eigenvalue weighted by Crippen LogP contribution is 2.04. The zero-order valence-electron chi connectivity index (χ0n) is 9.14. The van der Waals surface area contributed by atoms with Crippen molar-refractivity contribution >= 4 is 23.2 Å². The second kappa shape index (κ2) is 6.23. The van der Waals surface area contributed by atoms with Crippen LogP contribution in [0, 0.1) is 0 Å². The molecule has 0 bridgehead atoms. The molecule has 0 amide bonds. The molecule has 0 saturated heterocycles. The molecule has 0 aliphatic heterocycles. The summed E-state index contributed by atoms with van der Waals surface area (Å²) >= 11 is 4.99. The second-order valence-electron chi connectivity index (χ2n) is 3.50. The number of hydrogen-bond donors (Lipinski definition) is 2. The zero-order chi connectivity index (χ0) is 12.0. The second-order valence-corrected chi connectivity index (χ2v) is 3.99. The summed E-state index contributed by atoms with van der Waals surface area (Å²) in [6.45, 7) is 1.90. The van der Waals surface area contributed by atoms with Crippen LogP contribution < -0.4 is 5.32 Å². The van der Waals surface area contributed by atoms with Crippen molar-refractivity contribution < 1.29 is 9.90 Å². The topological polar surface area (TPSA) is 49.3 Å². The molecule has 1 aromatic carbocycles. The van der Waals surface area contributed by atoms with Crippen LogP contribution in [0.25, 0.3) is 0 Å². The van der Waals surface area contributed by atoms with Crippen molar-refractivity contribution in [1.29, 1.82) is 0 Å². The van der Waals surface area contributed by atoms with Gasteiger partial charge in [-0.2, -0.15) is 0 Å². The fourth-order valence-electron chi connectivity index (χ4n) is 1.35. The number of carboxylic acid groups (broad SMARTS) is 1. The number of benzene rings is 1. The van der Waals surface area contributed by atoms with Gasteiger partial charge in [0, 0.05) is 6.42 Å². The van der Waals surface area contributed by atoms with Gasteiger partial charge in [0.2, 0.25) is 0 Å². The SMILES string of the molecule is CCC(=S)N[C@H](Cc1ccccc1)C(=O)O. The first-order chi connectivity index (χ1) is 7.63. The number of nitrogens with one attached hydrogen (secondary N) is 1. The van der Waals surface area contributed by atoms with Gasteiger partial charge in [0.25, 0.3) is 0 Å². The summed E-state index contributed by atoms with van der Waals surface area (Å²) < 4.78 is 0. The molecular weight excluding hydrogens is 222 g/mol. The van der Waals surface area contributed by atoms with Crippen LogP contribution in [0.2, 0.25) is 0 Å². The van der Waals surface area contributed by atoms with E-state index in [1.165, 1.54) is 0 Å². The van der Waals surface area contributed by atoms with Crippen molar-refractivity contribution in [3.05, 3.63) is 35.9 Å². The Morgan fingerprint density at radius 3 is 2.56 bits per heavy atom. The van der Waals surface area contributed by atoms with Crippen molar-refractivity contribution in [1.82, 2.24) is 5.32 Å². The highest BCUT2D eigenvalue weighted by Gasteiger charge is 2.17. The molecule has 3 nitrogen and oxygen atoms in total. The largest absolute Gasteiger partial charge is 0.480 e. The molecule has 86 valence electrons. The van der Waals surface area contributed by atoms with E-state index in [4.69, 9.17) is 17.3 Å². The van der Waals surface area contributed by atoms with Gasteiger partial charge in [-0.25, -0.2) is 4.79 Å². The van der Waals surface area contributed by atoms with Gasteiger partial charge < -0.3 is 10.4 Å². The lowest BCUT2D eigenvalue weighted by Crippen LogP contribution is -2.41. The highest BCUT2D eigenvalue weighted by atomic mass is 32.1. The minimum absolute atomic E-state index is 0.441. The van der Waals surface area contributed by atoms with Gasteiger partial charge in [-0.15, -0.1) is 0 Å². The molecule has 0 aliphatic rings. The normalized spacial score (nSPS) is 11.8. The van der Waals surface area contributed by atoms with E-state index in [1.54, 1.807) is 0 Å². The van der Waals surface area contributed by atoms with E-state index in [2.05, 4.69) is 5.32 Å². The Hall–Kier alpha value is -1.42. The Morgan fingerprint density at radius 2 is 2.06 bits per heavy atom. The summed E-state index contributed by atoms with van der Waals surface area (Å²) in [6, 6.07) is 8.87. The van der Waals surface area contributed by atoms with E-state index in [-0.39, 0.29) is 0 Å². The summed E-state index contributed by atoms with van der Waals surface area (Å²) in [5, 5.41) is 11.9. The van der Waals surface area contributed by atoms with Gasteiger partial charge in [-0.3, -0.25) is 0 Å². The summed E-state index contributed by atoms with van der Waals surface area (Å²) in [5.41, 5.74) is 0.987. The predicted octanol–water partition coefficient (Wildman–Crippen LogP) is 2.01. The van der Waals surface area contributed by atoms with Gasteiger partial charge in [-0.1, -0.05) is 49.5 Å². The molecule has 1 rings (SSSR count). The van der Waals surface area contributed by atoms with Gasteiger partial charge in [0.1, 0.15) is 6.04 Å². The maximum absolute atomic E-state index is 11.0. The first kappa shape index (κ1) is 12.6. The smallest absolute Gasteiger partial charge is 0.326 e. The van der Waals surface area contributed by atoms with Crippen LogP contribution in [0.4, 0.5) is 0 Å². The Labute approximate surface area is 100 Å². The van der Waals surface area contributed by atoms with E-state index in [9.17, 15) is 4.79 Å². The monoisotopic (exact) mass is 237 g/mol. The maximum Gasteiger partial charge on any atom is 0.326 e. The van der Waals surface area contributed by atoms with E-state index >= 15 is 0 Å². The van der Waals surface area contributed by atoms with Crippen LogP contribution >= 0.6 is 12.2 Å². The van der Waals surface area contributed by atoms with Crippen LogP contribution in [-0.4, -0.2) is 22.1 Å². The average Bonchev–Trinajstić information content (AvgIpc) is 2.29. The van der Waals surface area contributed by atoms with Crippen LogP contribution in [-0.2, 0) is 11.2 Å². The van der Waals surface area contributed by atoms with Gasteiger partial charge in [0.15, 0.2) is 0 Å². The van der Waals surface area contributed by atoms with Crippen molar-refractivity contribution in [3.8, 4) is 0 Å². The van der Waals surface area contributed by atoms with Crippen LogP contribution in [0.3, 0.4) is 0 Å². The Balaban J connectivity index is 2.65. The standard InChI is InChI=1S/C12H15NO2S/c1-2-11(16)13-10(12(14)15)8-9-6-4-3-5-7-9/h3-7,10H,2,8H2,1H3,(H,13,16)(H,14,15)/t10-/m1/s1. The molecule has 1 atom stereocenters. The molecule has 16 heavy (non-hydrogen) atoms. The molecule has 0 fully saturated rings. The lowest BCUT2D eigenvalue weighted by atomic mass is 10.1. The first-order valence-corrected chi connectivity index (χ1v) is 5.60. The number of aliphatic carboxylic acids is 1. The van der Waals surface area contributed by atoms with Crippen molar-refractivity contribution in [2.45, 2.75) is 25.8 Å². The van der Waals surface area contributed by atoms with Crippen molar-refractivity contribution in [2.75, 3.05) is 0 Å². The predicted molar refractivity (Wildman–Crippen MR) is 67.6 cm³/mol. The minimum Gasteiger partial charge on any atom is -0.480 e. The van der Waals surface area contributed by atoms with E-state index < -0.39 is 12.0 Å².